The summed E-state index contributed by atoms with van der Waals surface area (Å²) in [5, 5.41) is 9.47. The Morgan fingerprint density at radius 2 is 1.82 bits per heavy atom. The topological polar surface area (TPSA) is 20.2 Å². The van der Waals surface area contributed by atoms with Gasteiger partial charge in [-0.25, -0.2) is 0 Å². The maximum absolute atomic E-state index is 9.06. The molecule has 0 aromatic heterocycles. The molecule has 0 spiro atoms. The van der Waals surface area contributed by atoms with Gasteiger partial charge >= 0.3 is 0 Å². The van der Waals surface area contributed by atoms with E-state index < -0.39 is 0 Å². The van der Waals surface area contributed by atoms with Crippen molar-refractivity contribution in [3.05, 3.63) is 0 Å². The van der Waals surface area contributed by atoms with E-state index in [0.717, 1.165) is 11.8 Å². The lowest BCUT2D eigenvalue weighted by Gasteiger charge is -2.15. The predicted octanol–water partition coefficient (Wildman–Crippen LogP) is 2.02. The van der Waals surface area contributed by atoms with E-state index in [9.17, 15) is 0 Å². The predicted molar refractivity (Wildman–Crippen MR) is 45.7 cm³/mol. The molecule has 0 amide bonds. The standard InChI is InChI=1S/C9H15ClO/c10-9-4-3-7-6(5-11)1-2-8(7)9/h6-9,11H,1-5H2. The lowest BCUT2D eigenvalue weighted by molar-refractivity contribution is 0.188. The van der Waals surface area contributed by atoms with Gasteiger partial charge in [-0.3, -0.25) is 0 Å². The second-order valence-electron chi connectivity index (χ2n) is 3.94. The molecule has 1 N–H and O–H groups in total. The second-order valence-corrected chi connectivity index (χ2v) is 4.50. The highest BCUT2D eigenvalue weighted by Gasteiger charge is 2.43. The van der Waals surface area contributed by atoms with Gasteiger partial charge in [0.1, 0.15) is 0 Å². The van der Waals surface area contributed by atoms with Crippen molar-refractivity contribution in [2.75, 3.05) is 6.61 Å². The number of aliphatic hydroxyl groups is 1. The van der Waals surface area contributed by atoms with Gasteiger partial charge in [-0.1, -0.05) is 0 Å². The van der Waals surface area contributed by atoms with E-state index in [1.165, 1.54) is 25.7 Å². The van der Waals surface area contributed by atoms with Crippen molar-refractivity contribution < 1.29 is 5.11 Å². The van der Waals surface area contributed by atoms with Crippen molar-refractivity contribution >= 4 is 11.6 Å². The van der Waals surface area contributed by atoms with E-state index in [4.69, 9.17) is 16.7 Å². The summed E-state index contributed by atoms with van der Waals surface area (Å²) in [6.07, 6.45) is 4.89. The molecule has 2 fully saturated rings. The Bertz CT molecular complexity index is 148. The average molecular weight is 175 g/mol. The van der Waals surface area contributed by atoms with Crippen LogP contribution in [0.15, 0.2) is 0 Å². The molecule has 0 saturated heterocycles. The molecule has 2 rings (SSSR count). The monoisotopic (exact) mass is 174 g/mol. The number of alkyl halides is 1. The van der Waals surface area contributed by atoms with Gasteiger partial charge < -0.3 is 5.11 Å². The van der Waals surface area contributed by atoms with E-state index in [2.05, 4.69) is 0 Å². The van der Waals surface area contributed by atoms with Gasteiger partial charge in [-0.2, -0.15) is 0 Å². The number of hydrogen-bond donors (Lipinski definition) is 1. The maximum atomic E-state index is 9.06. The third-order valence-electron chi connectivity index (χ3n) is 3.50. The van der Waals surface area contributed by atoms with Gasteiger partial charge in [-0.15, -0.1) is 11.6 Å². The molecule has 11 heavy (non-hydrogen) atoms. The number of rotatable bonds is 1. The molecule has 2 aliphatic rings. The first-order valence-electron chi connectivity index (χ1n) is 4.58. The van der Waals surface area contributed by atoms with Gasteiger partial charge in [0.15, 0.2) is 0 Å². The van der Waals surface area contributed by atoms with Crippen molar-refractivity contribution in [3.63, 3.8) is 0 Å². The number of aliphatic hydroxyl groups excluding tert-OH is 1. The summed E-state index contributed by atoms with van der Waals surface area (Å²) >= 11 is 6.15. The van der Waals surface area contributed by atoms with E-state index >= 15 is 0 Å². The van der Waals surface area contributed by atoms with E-state index in [0.29, 0.717) is 17.9 Å². The van der Waals surface area contributed by atoms with Crippen molar-refractivity contribution in [3.8, 4) is 0 Å². The Morgan fingerprint density at radius 1 is 1.09 bits per heavy atom. The quantitative estimate of drug-likeness (QED) is 0.604. The first-order chi connectivity index (χ1) is 5.33. The van der Waals surface area contributed by atoms with Gasteiger partial charge in [0.05, 0.1) is 0 Å². The molecule has 0 aliphatic heterocycles. The highest BCUT2D eigenvalue weighted by Crippen LogP contribution is 2.49. The van der Waals surface area contributed by atoms with E-state index in [1.807, 2.05) is 0 Å². The van der Waals surface area contributed by atoms with Gasteiger partial charge in [0.25, 0.3) is 0 Å². The summed E-state index contributed by atoms with van der Waals surface area (Å²) in [7, 11) is 0. The summed E-state index contributed by atoms with van der Waals surface area (Å²) in [5.41, 5.74) is 0. The Labute approximate surface area is 72.7 Å². The molecule has 0 radical (unpaired) electrons. The molecular weight excluding hydrogens is 160 g/mol. The van der Waals surface area contributed by atoms with Crippen LogP contribution >= 0.6 is 11.6 Å². The van der Waals surface area contributed by atoms with E-state index in [-0.39, 0.29) is 0 Å². The maximum Gasteiger partial charge on any atom is 0.0462 e. The molecule has 0 bridgehead atoms. The van der Waals surface area contributed by atoms with Crippen LogP contribution in [0, 0.1) is 17.8 Å². The molecule has 4 unspecified atom stereocenters. The normalized spacial score (nSPS) is 49.6. The van der Waals surface area contributed by atoms with Crippen LogP contribution < -0.4 is 0 Å². The fraction of sp³-hybridized carbons (Fsp3) is 1.00. The first-order valence-corrected chi connectivity index (χ1v) is 5.01. The molecule has 4 atom stereocenters. The first kappa shape index (κ1) is 7.88. The summed E-state index contributed by atoms with van der Waals surface area (Å²) < 4.78 is 0. The number of halogens is 1. The molecule has 2 aliphatic carbocycles. The summed E-state index contributed by atoms with van der Waals surface area (Å²) in [4.78, 5) is 0. The van der Waals surface area contributed by atoms with E-state index in [1.54, 1.807) is 0 Å². The van der Waals surface area contributed by atoms with Crippen LogP contribution in [0.5, 0.6) is 0 Å². The third kappa shape index (κ3) is 1.19. The van der Waals surface area contributed by atoms with Crippen molar-refractivity contribution in [2.45, 2.75) is 31.1 Å². The Hall–Kier alpha value is 0.250. The second kappa shape index (κ2) is 2.95. The molecule has 1 nitrogen and oxygen atoms in total. The number of hydrogen-bond acceptors (Lipinski definition) is 1. The molecule has 0 aromatic carbocycles. The molecule has 2 saturated carbocycles. The highest BCUT2D eigenvalue weighted by atomic mass is 35.5. The molecule has 0 heterocycles. The fourth-order valence-electron chi connectivity index (χ4n) is 2.88. The molecular formula is C9H15ClO. The van der Waals surface area contributed by atoms with Crippen molar-refractivity contribution in [2.24, 2.45) is 17.8 Å². The van der Waals surface area contributed by atoms with Crippen molar-refractivity contribution in [1.29, 1.82) is 0 Å². The fourth-order valence-corrected chi connectivity index (χ4v) is 3.31. The minimum absolute atomic E-state index is 0.380. The van der Waals surface area contributed by atoms with Gasteiger partial charge in [0, 0.05) is 12.0 Å². The zero-order valence-electron chi connectivity index (χ0n) is 6.67. The highest BCUT2D eigenvalue weighted by molar-refractivity contribution is 6.21. The Balaban J connectivity index is 2.04. The average Bonchev–Trinajstić information content (AvgIpc) is 2.53. The Kier molecular flexibility index (Phi) is 2.11. The van der Waals surface area contributed by atoms with Crippen LogP contribution in [0.3, 0.4) is 0 Å². The molecule has 2 heteroatoms. The van der Waals surface area contributed by atoms with Crippen LogP contribution in [0.2, 0.25) is 0 Å². The third-order valence-corrected chi connectivity index (χ3v) is 4.04. The smallest absolute Gasteiger partial charge is 0.0462 e. The van der Waals surface area contributed by atoms with Crippen LogP contribution in [0.4, 0.5) is 0 Å². The minimum Gasteiger partial charge on any atom is -0.396 e. The summed E-state index contributed by atoms with van der Waals surface area (Å²) in [5.74, 6) is 2.06. The van der Waals surface area contributed by atoms with Crippen LogP contribution in [-0.4, -0.2) is 17.1 Å². The molecule has 0 aromatic rings. The Morgan fingerprint density at radius 3 is 2.55 bits per heavy atom. The van der Waals surface area contributed by atoms with Gasteiger partial charge in [-0.05, 0) is 43.4 Å². The SMILES string of the molecule is OCC1CCC2C(Cl)CCC12. The van der Waals surface area contributed by atoms with Crippen LogP contribution in [-0.2, 0) is 0 Å². The molecule has 64 valence electrons. The van der Waals surface area contributed by atoms with Crippen LogP contribution in [0.25, 0.3) is 0 Å². The lowest BCUT2D eigenvalue weighted by atomic mass is 9.93. The number of fused-ring (bicyclic) bond motifs is 1. The zero-order chi connectivity index (χ0) is 7.84. The van der Waals surface area contributed by atoms with Gasteiger partial charge in [0.2, 0.25) is 0 Å². The van der Waals surface area contributed by atoms with Crippen molar-refractivity contribution in [1.82, 2.24) is 0 Å². The summed E-state index contributed by atoms with van der Waals surface area (Å²) in [6.45, 7) is 0.380. The van der Waals surface area contributed by atoms with Crippen LogP contribution in [0.1, 0.15) is 25.7 Å². The lowest BCUT2D eigenvalue weighted by Crippen LogP contribution is -2.15. The minimum atomic E-state index is 0.380. The zero-order valence-corrected chi connectivity index (χ0v) is 7.43. The summed E-state index contributed by atoms with van der Waals surface area (Å²) in [6, 6.07) is 0. The largest absolute Gasteiger partial charge is 0.396 e.